The summed E-state index contributed by atoms with van der Waals surface area (Å²) in [6, 6.07) is 0. The summed E-state index contributed by atoms with van der Waals surface area (Å²) in [7, 11) is 1.73. The molecule has 0 aliphatic heterocycles. The molecule has 1 aromatic heterocycles. The van der Waals surface area contributed by atoms with Crippen molar-refractivity contribution >= 4 is 0 Å². The SMILES string of the molecule is CCCOCCn1nc(CC)c(CNCCOC)c1CC. The number of nitrogens with zero attached hydrogens (tertiary/aromatic N) is 2. The minimum atomic E-state index is 0.738. The number of hydrogen-bond donors (Lipinski definition) is 1. The highest BCUT2D eigenvalue weighted by atomic mass is 16.5. The molecule has 0 saturated carbocycles. The minimum absolute atomic E-state index is 0.738. The average Bonchev–Trinajstić information content (AvgIpc) is 2.85. The van der Waals surface area contributed by atoms with Gasteiger partial charge < -0.3 is 14.8 Å². The fraction of sp³-hybridized carbons (Fsp3) is 0.812. The van der Waals surface area contributed by atoms with Crippen molar-refractivity contribution in [3.8, 4) is 0 Å². The van der Waals surface area contributed by atoms with Gasteiger partial charge in [-0.3, -0.25) is 4.68 Å². The Labute approximate surface area is 129 Å². The van der Waals surface area contributed by atoms with E-state index in [9.17, 15) is 0 Å². The van der Waals surface area contributed by atoms with Gasteiger partial charge in [0.1, 0.15) is 0 Å². The molecule has 0 amide bonds. The Morgan fingerprint density at radius 3 is 2.52 bits per heavy atom. The first kappa shape index (κ1) is 18.1. The van der Waals surface area contributed by atoms with Crippen LogP contribution in [0.25, 0.3) is 0 Å². The Balaban J connectivity index is 2.68. The van der Waals surface area contributed by atoms with Gasteiger partial charge in [-0.05, 0) is 19.3 Å². The smallest absolute Gasteiger partial charge is 0.0669 e. The number of methoxy groups -OCH3 is 1. The molecule has 0 fully saturated rings. The number of hydrogen-bond acceptors (Lipinski definition) is 4. The quantitative estimate of drug-likeness (QED) is 0.601. The summed E-state index contributed by atoms with van der Waals surface area (Å²) in [6.45, 7) is 11.4. The summed E-state index contributed by atoms with van der Waals surface area (Å²) in [4.78, 5) is 0. The molecule has 1 N–H and O–H groups in total. The molecule has 5 heteroatoms. The van der Waals surface area contributed by atoms with E-state index < -0.39 is 0 Å². The Hall–Kier alpha value is -0.910. The fourth-order valence-corrected chi connectivity index (χ4v) is 2.44. The molecule has 0 unspecified atom stereocenters. The Morgan fingerprint density at radius 1 is 1.10 bits per heavy atom. The van der Waals surface area contributed by atoms with Crippen LogP contribution >= 0.6 is 0 Å². The molecule has 0 spiro atoms. The minimum Gasteiger partial charge on any atom is -0.383 e. The molecule has 21 heavy (non-hydrogen) atoms. The normalized spacial score (nSPS) is 11.2. The number of aromatic nitrogens is 2. The van der Waals surface area contributed by atoms with E-state index in [4.69, 9.17) is 14.6 Å². The molecule has 1 rings (SSSR count). The predicted molar refractivity (Wildman–Crippen MR) is 85.7 cm³/mol. The van der Waals surface area contributed by atoms with Crippen LogP contribution in [0.1, 0.15) is 44.1 Å². The van der Waals surface area contributed by atoms with Crippen molar-refractivity contribution in [3.63, 3.8) is 0 Å². The molecule has 0 saturated heterocycles. The standard InChI is InChI=1S/C16H31N3O2/c1-5-10-21-12-9-19-16(7-3)14(15(6-2)18-19)13-17-8-11-20-4/h17H,5-13H2,1-4H3. The highest BCUT2D eigenvalue weighted by Gasteiger charge is 2.14. The second kappa shape index (κ2) is 10.8. The molecule has 0 aromatic carbocycles. The molecular formula is C16H31N3O2. The van der Waals surface area contributed by atoms with E-state index in [0.717, 1.165) is 58.7 Å². The van der Waals surface area contributed by atoms with E-state index in [2.05, 4.69) is 30.8 Å². The molecule has 5 nitrogen and oxygen atoms in total. The molecule has 0 bridgehead atoms. The van der Waals surface area contributed by atoms with Gasteiger partial charge in [0, 0.05) is 38.1 Å². The van der Waals surface area contributed by atoms with Crippen LogP contribution in [0.3, 0.4) is 0 Å². The van der Waals surface area contributed by atoms with Crippen molar-refractivity contribution in [1.82, 2.24) is 15.1 Å². The van der Waals surface area contributed by atoms with E-state index >= 15 is 0 Å². The molecule has 1 heterocycles. The summed E-state index contributed by atoms with van der Waals surface area (Å²) >= 11 is 0. The Morgan fingerprint density at radius 2 is 1.90 bits per heavy atom. The monoisotopic (exact) mass is 297 g/mol. The van der Waals surface area contributed by atoms with Crippen molar-refractivity contribution in [2.24, 2.45) is 0 Å². The first-order chi connectivity index (χ1) is 10.3. The summed E-state index contributed by atoms with van der Waals surface area (Å²) in [5.41, 5.74) is 3.88. The van der Waals surface area contributed by atoms with E-state index in [-0.39, 0.29) is 0 Å². The van der Waals surface area contributed by atoms with Crippen LogP contribution in [0, 0.1) is 0 Å². The lowest BCUT2D eigenvalue weighted by Crippen LogP contribution is -2.20. The van der Waals surface area contributed by atoms with Crippen LogP contribution in [-0.4, -0.2) is 43.3 Å². The van der Waals surface area contributed by atoms with Crippen LogP contribution in [-0.2, 0) is 35.4 Å². The summed E-state index contributed by atoms with van der Waals surface area (Å²) in [5, 5.41) is 8.19. The van der Waals surface area contributed by atoms with E-state index in [1.54, 1.807) is 7.11 Å². The van der Waals surface area contributed by atoms with Crippen LogP contribution < -0.4 is 5.32 Å². The van der Waals surface area contributed by atoms with Gasteiger partial charge in [0.25, 0.3) is 0 Å². The molecule has 0 aliphatic rings. The Kier molecular flexibility index (Phi) is 9.30. The lowest BCUT2D eigenvalue weighted by Gasteiger charge is -2.09. The van der Waals surface area contributed by atoms with Crippen molar-refractivity contribution in [1.29, 1.82) is 0 Å². The lowest BCUT2D eigenvalue weighted by molar-refractivity contribution is 0.123. The van der Waals surface area contributed by atoms with E-state index in [0.29, 0.717) is 0 Å². The van der Waals surface area contributed by atoms with Crippen molar-refractivity contribution in [2.75, 3.05) is 33.5 Å². The summed E-state index contributed by atoms with van der Waals surface area (Å²) < 4.78 is 12.8. The third-order valence-electron chi connectivity index (χ3n) is 3.50. The highest BCUT2D eigenvalue weighted by Crippen LogP contribution is 2.16. The van der Waals surface area contributed by atoms with Crippen molar-refractivity contribution in [3.05, 3.63) is 17.0 Å². The molecule has 0 aliphatic carbocycles. The Bertz CT molecular complexity index is 391. The van der Waals surface area contributed by atoms with Crippen LogP contribution in [0.15, 0.2) is 0 Å². The molecule has 1 aromatic rings. The van der Waals surface area contributed by atoms with Gasteiger partial charge in [-0.15, -0.1) is 0 Å². The third-order valence-corrected chi connectivity index (χ3v) is 3.50. The van der Waals surface area contributed by atoms with Crippen LogP contribution in [0.5, 0.6) is 0 Å². The highest BCUT2D eigenvalue weighted by molar-refractivity contribution is 5.26. The number of ether oxygens (including phenoxy) is 2. The van der Waals surface area contributed by atoms with Gasteiger partial charge in [-0.2, -0.15) is 5.10 Å². The largest absolute Gasteiger partial charge is 0.383 e. The first-order valence-corrected chi connectivity index (χ1v) is 8.13. The van der Waals surface area contributed by atoms with Crippen molar-refractivity contribution in [2.45, 2.75) is 53.1 Å². The maximum Gasteiger partial charge on any atom is 0.0669 e. The molecule has 122 valence electrons. The van der Waals surface area contributed by atoms with Gasteiger partial charge in [0.2, 0.25) is 0 Å². The van der Waals surface area contributed by atoms with Gasteiger partial charge in [0.05, 0.1) is 25.5 Å². The molecular weight excluding hydrogens is 266 g/mol. The number of aryl methyl sites for hydroxylation is 1. The lowest BCUT2D eigenvalue weighted by atomic mass is 10.1. The maximum absolute atomic E-state index is 5.59. The molecule has 0 radical (unpaired) electrons. The average molecular weight is 297 g/mol. The molecule has 0 atom stereocenters. The van der Waals surface area contributed by atoms with Crippen LogP contribution in [0.4, 0.5) is 0 Å². The topological polar surface area (TPSA) is 48.3 Å². The second-order valence-electron chi connectivity index (χ2n) is 5.08. The zero-order valence-corrected chi connectivity index (χ0v) is 14.1. The van der Waals surface area contributed by atoms with Gasteiger partial charge in [-0.25, -0.2) is 0 Å². The van der Waals surface area contributed by atoms with Crippen molar-refractivity contribution < 1.29 is 9.47 Å². The summed E-state index contributed by atoms with van der Waals surface area (Å²) in [6.07, 6.45) is 3.04. The van der Waals surface area contributed by atoms with Gasteiger partial charge in [0.15, 0.2) is 0 Å². The maximum atomic E-state index is 5.59. The zero-order chi connectivity index (χ0) is 15.5. The second-order valence-corrected chi connectivity index (χ2v) is 5.08. The fourth-order valence-electron chi connectivity index (χ4n) is 2.44. The summed E-state index contributed by atoms with van der Waals surface area (Å²) in [5.74, 6) is 0. The van der Waals surface area contributed by atoms with E-state index in [1.165, 1.54) is 17.0 Å². The zero-order valence-electron chi connectivity index (χ0n) is 14.1. The predicted octanol–water partition coefficient (Wildman–Crippen LogP) is 2.17. The van der Waals surface area contributed by atoms with Crippen LogP contribution in [0.2, 0.25) is 0 Å². The van der Waals surface area contributed by atoms with Gasteiger partial charge in [-0.1, -0.05) is 20.8 Å². The third kappa shape index (κ3) is 5.77. The van der Waals surface area contributed by atoms with Gasteiger partial charge >= 0.3 is 0 Å². The first-order valence-electron chi connectivity index (χ1n) is 8.13. The number of nitrogens with one attached hydrogen (secondary N) is 1. The number of rotatable bonds is 12. The van der Waals surface area contributed by atoms with E-state index in [1.807, 2.05) is 0 Å².